The van der Waals surface area contributed by atoms with Crippen molar-refractivity contribution in [3.05, 3.63) is 10.8 Å². The van der Waals surface area contributed by atoms with Gasteiger partial charge in [-0.3, -0.25) is 15.3 Å². The number of aliphatic imine (C=N–C) groups is 1. The Morgan fingerprint density at radius 2 is 1.87 bits per heavy atom. The quantitative estimate of drug-likeness (QED) is 0.272. The normalized spacial score (nSPS) is 11.8. The third-order valence-corrected chi connectivity index (χ3v) is 2.33. The Labute approximate surface area is 136 Å². The zero-order valence-corrected chi connectivity index (χ0v) is 13.3. The zero-order chi connectivity index (χ0) is 17.8. The van der Waals surface area contributed by atoms with Crippen LogP contribution >= 0.6 is 11.6 Å². The van der Waals surface area contributed by atoms with Crippen molar-refractivity contribution in [2.45, 2.75) is 26.4 Å². The summed E-state index contributed by atoms with van der Waals surface area (Å²) in [5.41, 5.74) is 11.3. The number of nitrogens with zero attached hydrogens (tertiary/aromatic N) is 3. The molecule has 0 atom stereocenters. The summed E-state index contributed by atoms with van der Waals surface area (Å²) in [5.74, 6) is -1.97. The first-order valence-electron chi connectivity index (χ1n) is 6.15. The molecule has 0 saturated heterocycles. The number of hydroxylamine groups is 1. The van der Waals surface area contributed by atoms with E-state index < -0.39 is 23.6 Å². The predicted octanol–water partition coefficient (Wildman–Crippen LogP) is 0.294. The minimum atomic E-state index is -1.04. The van der Waals surface area contributed by atoms with Gasteiger partial charge in [0.2, 0.25) is 5.96 Å². The molecular weight excluding hydrogens is 330 g/mol. The first-order chi connectivity index (χ1) is 10.5. The topological polar surface area (TPSA) is 178 Å². The van der Waals surface area contributed by atoms with Gasteiger partial charge in [0.1, 0.15) is 5.60 Å². The Morgan fingerprint density at radius 3 is 2.39 bits per heavy atom. The number of hydrogen-bond donors (Lipinski definition) is 5. The second kappa shape index (κ2) is 7.07. The molecule has 23 heavy (non-hydrogen) atoms. The van der Waals surface area contributed by atoms with E-state index in [4.69, 9.17) is 33.0 Å². The molecule has 0 saturated carbocycles. The average molecular weight is 346 g/mol. The number of guanidine groups is 1. The van der Waals surface area contributed by atoms with Crippen molar-refractivity contribution in [2.75, 3.05) is 11.5 Å². The first-order valence-corrected chi connectivity index (χ1v) is 6.53. The fraction of sp³-hybridized carbons (Fsp3) is 0.364. The molecule has 0 fully saturated rings. The molecule has 2 amide bonds. The summed E-state index contributed by atoms with van der Waals surface area (Å²) in [5, 5.41) is 10.7. The van der Waals surface area contributed by atoms with E-state index in [2.05, 4.69) is 20.3 Å². The number of nitrogens with two attached hydrogens (primary N) is 2. The van der Waals surface area contributed by atoms with Gasteiger partial charge in [0.25, 0.3) is 5.91 Å². The van der Waals surface area contributed by atoms with Gasteiger partial charge >= 0.3 is 6.09 Å². The molecule has 126 valence electrons. The molecule has 7 N–H and O–H groups in total. The van der Waals surface area contributed by atoms with Crippen LogP contribution in [0.4, 0.5) is 16.4 Å². The van der Waals surface area contributed by atoms with Crippen molar-refractivity contribution >= 4 is 41.2 Å². The predicted molar refractivity (Wildman–Crippen MR) is 81.9 cm³/mol. The van der Waals surface area contributed by atoms with Crippen LogP contribution in [0.25, 0.3) is 0 Å². The van der Waals surface area contributed by atoms with Crippen LogP contribution in [0, 0.1) is 0 Å². The molecule has 12 heteroatoms. The van der Waals surface area contributed by atoms with Gasteiger partial charge in [-0.2, -0.15) is 0 Å². The van der Waals surface area contributed by atoms with Crippen molar-refractivity contribution in [3.63, 3.8) is 0 Å². The molecule has 1 heterocycles. The molecule has 0 bridgehead atoms. The van der Waals surface area contributed by atoms with E-state index in [-0.39, 0.29) is 22.5 Å². The summed E-state index contributed by atoms with van der Waals surface area (Å²) in [7, 11) is 0. The van der Waals surface area contributed by atoms with E-state index in [1.165, 1.54) is 5.48 Å². The van der Waals surface area contributed by atoms with Gasteiger partial charge in [-0.05, 0) is 20.8 Å². The van der Waals surface area contributed by atoms with Crippen LogP contribution in [-0.2, 0) is 4.74 Å². The standard InChI is InChI=1S/C11H16ClN7O4/c1-11(2,3)23-10(21)18-9(19-22)17-8(20)4-6(13)16-7(14)5(12)15-4/h22H,1-3H3,(H4,13,14,16)(H2,17,18,19,20,21). The van der Waals surface area contributed by atoms with Crippen LogP contribution in [0.3, 0.4) is 0 Å². The minimum absolute atomic E-state index is 0.149. The molecule has 0 aromatic carbocycles. The van der Waals surface area contributed by atoms with Gasteiger partial charge in [-0.1, -0.05) is 11.6 Å². The average Bonchev–Trinajstić information content (AvgIpc) is 2.39. The number of hydrogen-bond acceptors (Lipinski definition) is 8. The summed E-state index contributed by atoms with van der Waals surface area (Å²) in [6.45, 7) is 4.87. The summed E-state index contributed by atoms with van der Waals surface area (Å²) < 4.78 is 4.90. The van der Waals surface area contributed by atoms with Gasteiger partial charge in [0.15, 0.2) is 22.5 Å². The van der Waals surface area contributed by atoms with E-state index in [0.29, 0.717) is 0 Å². The Kier molecular flexibility index (Phi) is 5.65. The van der Waals surface area contributed by atoms with Crippen LogP contribution in [0.5, 0.6) is 0 Å². The molecule has 0 aliphatic heterocycles. The van der Waals surface area contributed by atoms with Gasteiger partial charge in [0, 0.05) is 0 Å². The van der Waals surface area contributed by atoms with Crippen molar-refractivity contribution in [1.82, 2.24) is 20.8 Å². The molecule has 0 spiro atoms. The molecule has 0 unspecified atom stereocenters. The summed E-state index contributed by atoms with van der Waals surface area (Å²) in [6, 6.07) is 0. The maximum Gasteiger partial charge on any atom is 0.437 e. The number of nitrogen functional groups attached to an aromatic ring is 2. The van der Waals surface area contributed by atoms with Crippen LogP contribution in [-0.4, -0.2) is 38.7 Å². The van der Waals surface area contributed by atoms with Crippen molar-refractivity contribution in [2.24, 2.45) is 4.99 Å². The zero-order valence-electron chi connectivity index (χ0n) is 12.5. The number of carbonyl (C=O) groups excluding carboxylic acids is 2. The van der Waals surface area contributed by atoms with Crippen molar-refractivity contribution in [1.29, 1.82) is 0 Å². The van der Waals surface area contributed by atoms with Gasteiger partial charge in [-0.25, -0.2) is 20.2 Å². The van der Waals surface area contributed by atoms with E-state index >= 15 is 0 Å². The second-order valence-electron chi connectivity index (χ2n) is 5.14. The molecular formula is C11H16ClN7O4. The minimum Gasteiger partial charge on any atom is -0.442 e. The van der Waals surface area contributed by atoms with Crippen LogP contribution in [0.1, 0.15) is 31.3 Å². The number of carbonyl (C=O) groups is 2. The molecule has 0 aliphatic carbocycles. The third-order valence-electron chi connectivity index (χ3n) is 2.05. The molecule has 11 nitrogen and oxygen atoms in total. The van der Waals surface area contributed by atoms with Gasteiger partial charge in [0.05, 0.1) is 0 Å². The van der Waals surface area contributed by atoms with Gasteiger partial charge < -0.3 is 16.2 Å². The van der Waals surface area contributed by atoms with Gasteiger partial charge in [-0.15, -0.1) is 4.99 Å². The van der Waals surface area contributed by atoms with Crippen molar-refractivity contribution < 1.29 is 19.5 Å². The summed E-state index contributed by atoms with van der Waals surface area (Å²) >= 11 is 5.65. The largest absolute Gasteiger partial charge is 0.442 e. The smallest absolute Gasteiger partial charge is 0.437 e. The molecule has 0 radical (unpaired) electrons. The number of halogens is 1. The van der Waals surface area contributed by atoms with Crippen LogP contribution < -0.4 is 22.3 Å². The van der Waals surface area contributed by atoms with Crippen molar-refractivity contribution in [3.8, 4) is 0 Å². The van der Waals surface area contributed by atoms with Crippen LogP contribution in [0.15, 0.2) is 4.99 Å². The number of ether oxygens (including phenoxy) is 1. The Bertz CT molecular complexity index is 657. The maximum atomic E-state index is 12.0. The second-order valence-corrected chi connectivity index (χ2v) is 5.50. The van der Waals surface area contributed by atoms with Crippen LogP contribution in [0.2, 0.25) is 5.15 Å². The highest BCUT2D eigenvalue weighted by Crippen LogP contribution is 2.17. The fourth-order valence-corrected chi connectivity index (χ4v) is 1.36. The lowest BCUT2D eigenvalue weighted by atomic mass is 10.2. The highest BCUT2D eigenvalue weighted by Gasteiger charge is 2.20. The summed E-state index contributed by atoms with van der Waals surface area (Å²) in [6.07, 6.45) is -1.04. The number of amides is 2. The lowest BCUT2D eigenvalue weighted by molar-refractivity contribution is 0.0600. The maximum absolute atomic E-state index is 12.0. The first kappa shape index (κ1) is 18.4. The lowest BCUT2D eigenvalue weighted by Gasteiger charge is -2.17. The highest BCUT2D eigenvalue weighted by molar-refractivity contribution is 6.31. The molecule has 1 aromatic rings. The van der Waals surface area contributed by atoms with E-state index in [0.717, 1.165) is 0 Å². The fourth-order valence-electron chi connectivity index (χ4n) is 1.23. The van der Waals surface area contributed by atoms with E-state index in [1.807, 2.05) is 0 Å². The lowest BCUT2D eigenvalue weighted by Crippen LogP contribution is -2.41. The molecule has 1 rings (SSSR count). The SMILES string of the molecule is CC(C)(C)OC(=O)/N=C(/NO)NC(=O)c1nc(Cl)c(N)nc1N. The summed E-state index contributed by atoms with van der Waals surface area (Å²) in [4.78, 5) is 34.1. The third kappa shape index (κ3) is 5.56. The Hall–Kier alpha value is -2.66. The number of rotatable bonds is 1. The highest BCUT2D eigenvalue weighted by atomic mass is 35.5. The Balaban J connectivity index is 2.93. The molecule has 1 aromatic heterocycles. The number of aromatic nitrogens is 2. The van der Waals surface area contributed by atoms with E-state index in [9.17, 15) is 9.59 Å². The molecule has 0 aliphatic rings. The van der Waals surface area contributed by atoms with E-state index in [1.54, 1.807) is 20.8 Å². The monoisotopic (exact) mass is 345 g/mol. The number of anilines is 2. The Morgan fingerprint density at radius 1 is 1.26 bits per heavy atom. The number of nitrogens with one attached hydrogen (secondary N) is 2.